The minimum Gasteiger partial charge on any atom is -0.437 e. The Morgan fingerprint density at radius 1 is 1.09 bits per heavy atom. The molecule has 2 N–H and O–H groups in total. The zero-order valence-corrected chi connectivity index (χ0v) is 12.1. The molecule has 1 aliphatic heterocycles. The Kier molecular flexibility index (Phi) is 3.27. The maximum absolute atomic E-state index is 13.3. The topological polar surface area (TPSA) is 59.1 Å². The van der Waals surface area contributed by atoms with E-state index in [0.29, 0.717) is 29.6 Å². The third kappa shape index (κ3) is 2.66. The first kappa shape index (κ1) is 13.5. The standard InChI is InChI=1S/C17H13FN4O/c18-12-5-3-6-13(8-12)22-16-15-17(21-10-20-16)23-14-7-2-1-4-11(14)9-19-15/h1-8,10,19H,9H2,(H,20,21,22). The molecule has 6 heteroatoms. The van der Waals surface area contributed by atoms with Gasteiger partial charge in [-0.1, -0.05) is 24.3 Å². The summed E-state index contributed by atoms with van der Waals surface area (Å²) in [6.07, 6.45) is 1.41. The zero-order chi connectivity index (χ0) is 15.6. The van der Waals surface area contributed by atoms with Crippen molar-refractivity contribution < 1.29 is 9.13 Å². The highest BCUT2D eigenvalue weighted by Crippen LogP contribution is 2.38. The number of nitrogens with zero attached hydrogens (tertiary/aromatic N) is 2. The number of para-hydroxylation sites is 1. The van der Waals surface area contributed by atoms with Crippen LogP contribution in [0.15, 0.2) is 54.9 Å². The van der Waals surface area contributed by atoms with Gasteiger partial charge < -0.3 is 15.4 Å². The monoisotopic (exact) mass is 308 g/mol. The molecule has 0 spiro atoms. The van der Waals surface area contributed by atoms with Crippen LogP contribution in [0.5, 0.6) is 11.6 Å². The summed E-state index contributed by atoms with van der Waals surface area (Å²) < 4.78 is 19.2. The van der Waals surface area contributed by atoms with E-state index in [1.807, 2.05) is 24.3 Å². The van der Waals surface area contributed by atoms with Crippen molar-refractivity contribution in [1.82, 2.24) is 9.97 Å². The SMILES string of the molecule is Fc1cccc(Nc2ncnc3c2NCc2ccccc2O3)c1. The Balaban J connectivity index is 1.70. The molecular formula is C17H13FN4O. The van der Waals surface area contributed by atoms with Gasteiger partial charge in [0, 0.05) is 17.8 Å². The Morgan fingerprint density at radius 3 is 2.91 bits per heavy atom. The fraction of sp³-hybridized carbons (Fsp3) is 0.0588. The summed E-state index contributed by atoms with van der Waals surface area (Å²) >= 11 is 0. The molecule has 2 heterocycles. The largest absolute Gasteiger partial charge is 0.437 e. The summed E-state index contributed by atoms with van der Waals surface area (Å²) in [5, 5.41) is 6.37. The van der Waals surface area contributed by atoms with Gasteiger partial charge in [-0.2, -0.15) is 4.98 Å². The average molecular weight is 308 g/mol. The molecule has 0 saturated heterocycles. The second-order valence-electron chi connectivity index (χ2n) is 5.10. The van der Waals surface area contributed by atoms with Gasteiger partial charge in [-0.3, -0.25) is 0 Å². The van der Waals surface area contributed by atoms with Crippen LogP contribution < -0.4 is 15.4 Å². The summed E-state index contributed by atoms with van der Waals surface area (Å²) in [5.74, 6) is 1.41. The molecule has 1 aliphatic rings. The summed E-state index contributed by atoms with van der Waals surface area (Å²) in [6, 6.07) is 14.0. The summed E-state index contributed by atoms with van der Waals surface area (Å²) in [5.41, 5.74) is 2.28. The molecule has 2 aromatic carbocycles. The Labute approximate surface area is 132 Å². The average Bonchev–Trinajstić information content (AvgIpc) is 2.75. The van der Waals surface area contributed by atoms with Crippen molar-refractivity contribution in [2.45, 2.75) is 6.54 Å². The number of nitrogens with one attached hydrogen (secondary N) is 2. The predicted octanol–water partition coefficient (Wildman–Crippen LogP) is 4.08. The van der Waals surface area contributed by atoms with Crippen molar-refractivity contribution in [3.05, 3.63) is 66.2 Å². The van der Waals surface area contributed by atoms with Gasteiger partial charge in [0.2, 0.25) is 5.88 Å². The first-order chi connectivity index (χ1) is 11.3. The second kappa shape index (κ2) is 5.57. The Bertz CT molecular complexity index is 869. The van der Waals surface area contributed by atoms with Gasteiger partial charge in [-0.15, -0.1) is 0 Å². The number of aromatic nitrogens is 2. The maximum Gasteiger partial charge on any atom is 0.248 e. The molecule has 0 fully saturated rings. The fourth-order valence-corrected chi connectivity index (χ4v) is 2.44. The molecule has 0 atom stereocenters. The number of anilines is 3. The van der Waals surface area contributed by atoms with Crippen LogP contribution in [-0.4, -0.2) is 9.97 Å². The minimum absolute atomic E-state index is 0.313. The molecule has 0 bridgehead atoms. The van der Waals surface area contributed by atoms with Crippen molar-refractivity contribution in [2.24, 2.45) is 0 Å². The molecule has 0 aliphatic carbocycles. The molecule has 23 heavy (non-hydrogen) atoms. The van der Waals surface area contributed by atoms with Gasteiger partial charge in [0.1, 0.15) is 23.6 Å². The minimum atomic E-state index is -0.313. The quantitative estimate of drug-likeness (QED) is 0.747. The smallest absolute Gasteiger partial charge is 0.248 e. The highest BCUT2D eigenvalue weighted by molar-refractivity contribution is 5.75. The molecule has 4 rings (SSSR count). The van der Waals surface area contributed by atoms with E-state index in [2.05, 4.69) is 20.6 Å². The number of rotatable bonds is 2. The highest BCUT2D eigenvalue weighted by Gasteiger charge is 2.19. The van der Waals surface area contributed by atoms with Crippen LogP contribution in [-0.2, 0) is 6.54 Å². The lowest BCUT2D eigenvalue weighted by Crippen LogP contribution is -2.04. The van der Waals surface area contributed by atoms with Crippen molar-refractivity contribution in [2.75, 3.05) is 10.6 Å². The van der Waals surface area contributed by atoms with Crippen LogP contribution in [0.4, 0.5) is 21.6 Å². The molecule has 0 saturated carbocycles. The molecule has 5 nitrogen and oxygen atoms in total. The van der Waals surface area contributed by atoms with E-state index in [0.717, 1.165) is 11.3 Å². The number of hydrogen-bond acceptors (Lipinski definition) is 5. The first-order valence-corrected chi connectivity index (χ1v) is 7.17. The summed E-state index contributed by atoms with van der Waals surface area (Å²) in [6.45, 7) is 0.592. The van der Waals surface area contributed by atoms with Crippen LogP contribution >= 0.6 is 0 Å². The van der Waals surface area contributed by atoms with E-state index in [-0.39, 0.29) is 5.82 Å². The van der Waals surface area contributed by atoms with Crippen molar-refractivity contribution in [3.63, 3.8) is 0 Å². The number of benzene rings is 2. The second-order valence-corrected chi connectivity index (χ2v) is 5.10. The zero-order valence-electron chi connectivity index (χ0n) is 12.1. The summed E-state index contributed by atoms with van der Waals surface area (Å²) in [7, 11) is 0. The van der Waals surface area contributed by atoms with Gasteiger partial charge in [-0.05, 0) is 24.3 Å². The van der Waals surface area contributed by atoms with Crippen LogP contribution in [0.3, 0.4) is 0 Å². The normalized spacial score (nSPS) is 12.2. The molecule has 0 radical (unpaired) electrons. The lowest BCUT2D eigenvalue weighted by molar-refractivity contribution is 0.464. The van der Waals surface area contributed by atoms with Gasteiger partial charge in [-0.25, -0.2) is 9.37 Å². The highest BCUT2D eigenvalue weighted by atomic mass is 19.1. The number of ether oxygens (including phenoxy) is 1. The Morgan fingerprint density at radius 2 is 2.00 bits per heavy atom. The molecule has 1 aromatic heterocycles. The molecule has 3 aromatic rings. The number of halogens is 1. The molecular weight excluding hydrogens is 295 g/mol. The van der Waals surface area contributed by atoms with Crippen LogP contribution in [0, 0.1) is 5.82 Å². The van der Waals surface area contributed by atoms with Gasteiger partial charge >= 0.3 is 0 Å². The lowest BCUT2D eigenvalue weighted by atomic mass is 10.2. The van der Waals surface area contributed by atoms with Gasteiger partial charge in [0.05, 0.1) is 0 Å². The van der Waals surface area contributed by atoms with E-state index in [9.17, 15) is 4.39 Å². The first-order valence-electron chi connectivity index (χ1n) is 7.17. The molecule has 114 valence electrons. The van der Waals surface area contributed by atoms with E-state index in [1.54, 1.807) is 12.1 Å². The molecule has 0 amide bonds. The van der Waals surface area contributed by atoms with Crippen LogP contribution in [0.25, 0.3) is 0 Å². The van der Waals surface area contributed by atoms with Crippen molar-refractivity contribution in [1.29, 1.82) is 0 Å². The van der Waals surface area contributed by atoms with Crippen LogP contribution in [0.2, 0.25) is 0 Å². The summed E-state index contributed by atoms with van der Waals surface area (Å²) in [4.78, 5) is 8.42. The third-order valence-corrected chi connectivity index (χ3v) is 3.53. The van der Waals surface area contributed by atoms with E-state index in [1.165, 1.54) is 18.5 Å². The maximum atomic E-state index is 13.3. The van der Waals surface area contributed by atoms with Crippen LogP contribution in [0.1, 0.15) is 5.56 Å². The predicted molar refractivity (Wildman–Crippen MR) is 85.6 cm³/mol. The van der Waals surface area contributed by atoms with Gasteiger partial charge in [0.15, 0.2) is 5.82 Å². The van der Waals surface area contributed by atoms with Gasteiger partial charge in [0.25, 0.3) is 0 Å². The van der Waals surface area contributed by atoms with Crippen molar-refractivity contribution >= 4 is 17.2 Å². The Hall–Kier alpha value is -3.15. The van der Waals surface area contributed by atoms with E-state index < -0.39 is 0 Å². The lowest BCUT2D eigenvalue weighted by Gasteiger charge is -2.12. The van der Waals surface area contributed by atoms with Crippen molar-refractivity contribution in [3.8, 4) is 11.6 Å². The third-order valence-electron chi connectivity index (χ3n) is 3.53. The number of hydrogen-bond donors (Lipinski definition) is 2. The molecule has 0 unspecified atom stereocenters. The van der Waals surface area contributed by atoms with E-state index in [4.69, 9.17) is 4.74 Å². The fourth-order valence-electron chi connectivity index (χ4n) is 2.44. The number of fused-ring (bicyclic) bond motifs is 2. The van der Waals surface area contributed by atoms with E-state index >= 15 is 0 Å².